The lowest BCUT2D eigenvalue weighted by Gasteiger charge is -2.39. The minimum Gasteiger partial charge on any atom is -0.480 e. The van der Waals surface area contributed by atoms with Gasteiger partial charge in [-0.25, -0.2) is 8.78 Å². The quantitative estimate of drug-likeness (QED) is 0.924. The first-order valence-corrected chi connectivity index (χ1v) is 7.06. The number of aliphatic carboxylic acids is 1. The molecule has 0 bridgehead atoms. The summed E-state index contributed by atoms with van der Waals surface area (Å²) < 4.78 is 27.6. The summed E-state index contributed by atoms with van der Waals surface area (Å²) in [5, 5.41) is 9.01. The number of hydrogen-bond acceptors (Lipinski definition) is 3. The van der Waals surface area contributed by atoms with Gasteiger partial charge in [-0.15, -0.1) is 0 Å². The summed E-state index contributed by atoms with van der Waals surface area (Å²) in [6, 6.07) is 2.98. The maximum Gasteiger partial charge on any atom is 0.320 e. The Morgan fingerprint density at radius 2 is 1.57 bits per heavy atom. The zero-order chi connectivity index (χ0) is 15.6. The van der Waals surface area contributed by atoms with Crippen LogP contribution in [0.1, 0.15) is 25.5 Å². The second kappa shape index (κ2) is 6.49. The minimum absolute atomic E-state index is 0.0808. The molecule has 1 heterocycles. The van der Waals surface area contributed by atoms with Crippen molar-refractivity contribution >= 4 is 5.97 Å². The van der Waals surface area contributed by atoms with Crippen molar-refractivity contribution in [3.05, 3.63) is 35.4 Å². The Balaban J connectivity index is 2.04. The van der Waals surface area contributed by atoms with Crippen molar-refractivity contribution in [1.82, 2.24) is 9.80 Å². The molecule has 1 aliphatic heterocycles. The predicted octanol–water partition coefficient (Wildman–Crippen LogP) is 2.12. The predicted molar refractivity (Wildman–Crippen MR) is 75.0 cm³/mol. The number of rotatable bonds is 4. The van der Waals surface area contributed by atoms with Gasteiger partial charge in [0.1, 0.15) is 17.7 Å². The van der Waals surface area contributed by atoms with Gasteiger partial charge in [-0.3, -0.25) is 14.6 Å². The largest absolute Gasteiger partial charge is 0.480 e. The average molecular weight is 298 g/mol. The number of benzene rings is 1. The molecule has 1 aromatic carbocycles. The van der Waals surface area contributed by atoms with Crippen molar-refractivity contribution in [2.24, 2.45) is 0 Å². The van der Waals surface area contributed by atoms with Crippen molar-refractivity contribution in [3.8, 4) is 0 Å². The smallest absolute Gasteiger partial charge is 0.320 e. The molecule has 2 unspecified atom stereocenters. The molecule has 0 aromatic heterocycles. The third-order valence-corrected chi connectivity index (χ3v) is 4.22. The average Bonchev–Trinajstić information content (AvgIpc) is 2.46. The second-order valence-corrected chi connectivity index (χ2v) is 5.40. The molecule has 4 nitrogen and oxygen atoms in total. The fourth-order valence-corrected chi connectivity index (χ4v) is 2.76. The highest BCUT2D eigenvalue weighted by molar-refractivity contribution is 5.72. The van der Waals surface area contributed by atoms with Crippen LogP contribution in [0, 0.1) is 11.6 Å². The van der Waals surface area contributed by atoms with Crippen molar-refractivity contribution in [1.29, 1.82) is 0 Å². The maximum absolute atomic E-state index is 13.8. The van der Waals surface area contributed by atoms with Crippen molar-refractivity contribution in [3.63, 3.8) is 0 Å². The molecule has 1 N–H and O–H groups in total. The topological polar surface area (TPSA) is 43.8 Å². The summed E-state index contributed by atoms with van der Waals surface area (Å²) in [5.74, 6) is -1.93. The van der Waals surface area contributed by atoms with Gasteiger partial charge in [0.25, 0.3) is 0 Å². The Hall–Kier alpha value is -1.53. The Morgan fingerprint density at radius 3 is 2.05 bits per heavy atom. The van der Waals surface area contributed by atoms with E-state index in [1.165, 1.54) is 18.2 Å². The summed E-state index contributed by atoms with van der Waals surface area (Å²) in [7, 11) is 0. The number of carbonyl (C=O) groups is 1. The molecular formula is C15H20F2N2O2. The van der Waals surface area contributed by atoms with Gasteiger partial charge >= 0.3 is 5.97 Å². The van der Waals surface area contributed by atoms with Crippen LogP contribution in [0.5, 0.6) is 0 Å². The van der Waals surface area contributed by atoms with Crippen molar-refractivity contribution in [2.45, 2.75) is 25.9 Å². The molecule has 21 heavy (non-hydrogen) atoms. The Bertz CT molecular complexity index is 496. The van der Waals surface area contributed by atoms with E-state index in [2.05, 4.69) is 0 Å². The molecule has 0 saturated carbocycles. The van der Waals surface area contributed by atoms with Gasteiger partial charge in [-0.2, -0.15) is 0 Å². The normalized spacial score (nSPS) is 20.2. The molecule has 1 aromatic rings. The van der Waals surface area contributed by atoms with Gasteiger partial charge < -0.3 is 5.11 Å². The molecule has 2 atom stereocenters. The maximum atomic E-state index is 13.8. The van der Waals surface area contributed by atoms with Gasteiger partial charge in [0.05, 0.1) is 0 Å². The fourth-order valence-electron chi connectivity index (χ4n) is 2.76. The molecule has 1 fully saturated rings. The van der Waals surface area contributed by atoms with E-state index in [0.29, 0.717) is 26.2 Å². The summed E-state index contributed by atoms with van der Waals surface area (Å²) in [4.78, 5) is 14.8. The van der Waals surface area contributed by atoms with Gasteiger partial charge in [0.15, 0.2) is 0 Å². The van der Waals surface area contributed by atoms with E-state index in [4.69, 9.17) is 5.11 Å². The van der Waals surface area contributed by atoms with Crippen LogP contribution in [0.15, 0.2) is 18.2 Å². The monoisotopic (exact) mass is 298 g/mol. The van der Waals surface area contributed by atoms with Crippen LogP contribution in [0.3, 0.4) is 0 Å². The molecule has 116 valence electrons. The van der Waals surface area contributed by atoms with Crippen molar-refractivity contribution < 1.29 is 18.7 Å². The van der Waals surface area contributed by atoms with Crippen LogP contribution in [0.4, 0.5) is 8.78 Å². The van der Waals surface area contributed by atoms with Gasteiger partial charge in [-0.05, 0) is 26.0 Å². The highest BCUT2D eigenvalue weighted by Crippen LogP contribution is 2.26. The lowest BCUT2D eigenvalue weighted by molar-refractivity contribution is -0.143. The lowest BCUT2D eigenvalue weighted by Crippen LogP contribution is -2.52. The van der Waals surface area contributed by atoms with E-state index in [0.717, 1.165) is 0 Å². The molecule has 1 saturated heterocycles. The van der Waals surface area contributed by atoms with Gasteiger partial charge in [0, 0.05) is 37.8 Å². The zero-order valence-electron chi connectivity index (χ0n) is 12.2. The molecule has 0 aliphatic carbocycles. The number of carboxylic acids is 1. The molecular weight excluding hydrogens is 278 g/mol. The number of hydrogen-bond donors (Lipinski definition) is 1. The first kappa shape index (κ1) is 15.9. The number of nitrogens with zero attached hydrogens (tertiary/aromatic N) is 2. The molecule has 0 spiro atoms. The van der Waals surface area contributed by atoms with Crippen LogP contribution < -0.4 is 0 Å². The molecule has 2 rings (SSSR count). The first-order valence-electron chi connectivity index (χ1n) is 7.06. The molecule has 0 amide bonds. The number of piperazine rings is 1. The second-order valence-electron chi connectivity index (χ2n) is 5.40. The summed E-state index contributed by atoms with van der Waals surface area (Å²) >= 11 is 0. The summed E-state index contributed by atoms with van der Waals surface area (Å²) in [5.41, 5.74) is 0.0808. The SMILES string of the molecule is CC(C(=O)O)N1CCN(C(C)c2c(F)cccc2F)CC1. The van der Waals surface area contributed by atoms with Gasteiger partial charge in [-0.1, -0.05) is 6.07 Å². The lowest BCUT2D eigenvalue weighted by atomic mass is 10.0. The Kier molecular flexibility index (Phi) is 4.90. The zero-order valence-corrected chi connectivity index (χ0v) is 12.2. The van der Waals surface area contributed by atoms with E-state index < -0.39 is 23.6 Å². The number of carboxylic acid groups (broad SMARTS) is 1. The van der Waals surface area contributed by atoms with Crippen LogP contribution in [0.2, 0.25) is 0 Å². The standard InChI is InChI=1S/C15H20F2N2O2/c1-10(14-12(16)4-3-5-13(14)17)18-6-8-19(9-7-18)11(2)15(20)21/h3-5,10-11H,6-9H2,1-2H3,(H,20,21). The minimum atomic E-state index is -0.850. The Morgan fingerprint density at radius 1 is 1.10 bits per heavy atom. The Labute approximate surface area is 123 Å². The molecule has 1 aliphatic rings. The highest BCUT2D eigenvalue weighted by Gasteiger charge is 2.29. The fraction of sp³-hybridized carbons (Fsp3) is 0.533. The van der Waals surface area contributed by atoms with E-state index in [1.54, 1.807) is 13.8 Å². The molecule has 6 heteroatoms. The number of halogens is 2. The van der Waals surface area contributed by atoms with E-state index >= 15 is 0 Å². The van der Waals surface area contributed by atoms with Crippen LogP contribution in [0.25, 0.3) is 0 Å². The first-order chi connectivity index (χ1) is 9.91. The molecule has 0 radical (unpaired) electrons. The van der Waals surface area contributed by atoms with Crippen molar-refractivity contribution in [2.75, 3.05) is 26.2 Å². The third-order valence-electron chi connectivity index (χ3n) is 4.22. The van der Waals surface area contributed by atoms with E-state index in [9.17, 15) is 13.6 Å². The van der Waals surface area contributed by atoms with Crippen LogP contribution in [-0.2, 0) is 4.79 Å². The summed E-state index contributed by atoms with van der Waals surface area (Å²) in [6.45, 7) is 5.76. The van der Waals surface area contributed by atoms with E-state index in [1.807, 2.05) is 9.80 Å². The van der Waals surface area contributed by atoms with Gasteiger partial charge in [0.2, 0.25) is 0 Å². The third kappa shape index (κ3) is 3.39. The summed E-state index contributed by atoms with van der Waals surface area (Å²) in [6.07, 6.45) is 0. The van der Waals surface area contributed by atoms with E-state index in [-0.39, 0.29) is 11.6 Å². The highest BCUT2D eigenvalue weighted by atomic mass is 19.1. The van der Waals surface area contributed by atoms with Crippen LogP contribution in [-0.4, -0.2) is 53.1 Å². The van der Waals surface area contributed by atoms with Crippen LogP contribution >= 0.6 is 0 Å².